The highest BCUT2D eigenvalue weighted by atomic mass is 16.2. The average Bonchev–Trinajstić information content (AvgIpc) is 3.24. The van der Waals surface area contributed by atoms with Gasteiger partial charge in [0.25, 0.3) is 0 Å². The van der Waals surface area contributed by atoms with Gasteiger partial charge in [-0.15, -0.1) is 0 Å². The maximum absolute atomic E-state index is 12.7. The van der Waals surface area contributed by atoms with Crippen molar-refractivity contribution in [3.05, 3.63) is 30.9 Å². The SMILES string of the molecule is CCc1nccn1C1CCCN(C(=O)C(C)n2cncn2)C1. The van der Waals surface area contributed by atoms with E-state index in [-0.39, 0.29) is 11.9 Å². The van der Waals surface area contributed by atoms with Crippen molar-refractivity contribution in [3.8, 4) is 0 Å². The number of hydrogen-bond donors (Lipinski definition) is 0. The second kappa shape index (κ2) is 6.29. The molecule has 0 saturated carbocycles. The number of nitrogens with zero attached hydrogens (tertiary/aromatic N) is 6. The summed E-state index contributed by atoms with van der Waals surface area (Å²) in [5.74, 6) is 1.19. The van der Waals surface area contributed by atoms with Gasteiger partial charge in [-0.2, -0.15) is 5.10 Å². The standard InChI is InChI=1S/C15H22N6O/c1-3-14-17-6-8-20(14)13-5-4-7-19(9-13)15(22)12(2)21-11-16-10-18-21/h6,8,10-13H,3-5,7,9H2,1-2H3. The van der Waals surface area contributed by atoms with Gasteiger partial charge in [-0.25, -0.2) is 14.6 Å². The Morgan fingerprint density at radius 2 is 2.36 bits per heavy atom. The van der Waals surface area contributed by atoms with Gasteiger partial charge in [0.1, 0.15) is 24.5 Å². The summed E-state index contributed by atoms with van der Waals surface area (Å²) in [6.45, 7) is 5.53. The van der Waals surface area contributed by atoms with Crippen LogP contribution in [0.1, 0.15) is 44.6 Å². The minimum atomic E-state index is -0.310. The molecule has 1 aliphatic heterocycles. The van der Waals surface area contributed by atoms with Crippen LogP contribution in [0.5, 0.6) is 0 Å². The molecule has 1 saturated heterocycles. The van der Waals surface area contributed by atoms with Crippen LogP contribution in [0.15, 0.2) is 25.0 Å². The molecule has 0 spiro atoms. The zero-order chi connectivity index (χ0) is 15.5. The second-order valence-electron chi connectivity index (χ2n) is 5.74. The highest BCUT2D eigenvalue weighted by Gasteiger charge is 2.29. The van der Waals surface area contributed by atoms with Crippen LogP contribution in [0.3, 0.4) is 0 Å². The molecular formula is C15H22N6O. The summed E-state index contributed by atoms with van der Waals surface area (Å²) in [5, 5.41) is 4.07. The van der Waals surface area contributed by atoms with Crippen LogP contribution < -0.4 is 0 Å². The Morgan fingerprint density at radius 3 is 3.09 bits per heavy atom. The summed E-state index contributed by atoms with van der Waals surface area (Å²) in [5.41, 5.74) is 0. The molecule has 1 amide bonds. The van der Waals surface area contributed by atoms with Crippen LogP contribution in [0.2, 0.25) is 0 Å². The molecule has 1 aliphatic rings. The van der Waals surface area contributed by atoms with Crippen LogP contribution in [0.25, 0.3) is 0 Å². The Labute approximate surface area is 130 Å². The first-order valence-electron chi connectivity index (χ1n) is 7.85. The zero-order valence-electron chi connectivity index (χ0n) is 13.1. The maximum Gasteiger partial charge on any atom is 0.247 e. The van der Waals surface area contributed by atoms with Crippen molar-refractivity contribution < 1.29 is 4.79 Å². The first-order chi connectivity index (χ1) is 10.7. The minimum absolute atomic E-state index is 0.105. The van der Waals surface area contributed by atoms with Crippen LogP contribution in [-0.4, -0.2) is 48.2 Å². The van der Waals surface area contributed by atoms with Crippen LogP contribution >= 0.6 is 0 Å². The van der Waals surface area contributed by atoms with Gasteiger partial charge in [0.05, 0.1) is 6.04 Å². The third-order valence-corrected chi connectivity index (χ3v) is 4.36. The molecule has 2 unspecified atom stereocenters. The van der Waals surface area contributed by atoms with E-state index in [9.17, 15) is 4.79 Å². The van der Waals surface area contributed by atoms with E-state index in [4.69, 9.17) is 0 Å². The molecule has 7 nitrogen and oxygen atoms in total. The number of carbonyl (C=O) groups excluding carboxylic acids is 1. The Hall–Kier alpha value is -2.18. The monoisotopic (exact) mass is 302 g/mol. The number of rotatable bonds is 4. The van der Waals surface area contributed by atoms with Crippen molar-refractivity contribution >= 4 is 5.91 Å². The molecule has 0 bridgehead atoms. The Kier molecular flexibility index (Phi) is 4.22. The molecule has 1 fully saturated rings. The fourth-order valence-corrected chi connectivity index (χ4v) is 3.13. The number of aromatic nitrogens is 5. The minimum Gasteiger partial charge on any atom is -0.339 e. The number of hydrogen-bond acceptors (Lipinski definition) is 4. The number of aryl methyl sites for hydroxylation is 1. The van der Waals surface area contributed by atoms with Gasteiger partial charge in [0.2, 0.25) is 5.91 Å². The number of likely N-dealkylation sites (tertiary alicyclic amines) is 1. The highest BCUT2D eigenvalue weighted by Crippen LogP contribution is 2.24. The summed E-state index contributed by atoms with van der Waals surface area (Å²) in [7, 11) is 0. The molecule has 0 aliphatic carbocycles. The van der Waals surface area contributed by atoms with Crippen LogP contribution in [0, 0.1) is 0 Å². The lowest BCUT2D eigenvalue weighted by Gasteiger charge is -2.35. The molecule has 22 heavy (non-hydrogen) atoms. The van der Waals surface area contributed by atoms with Crippen molar-refractivity contribution in [1.82, 2.24) is 29.2 Å². The van der Waals surface area contributed by atoms with Crippen molar-refractivity contribution in [2.45, 2.75) is 45.2 Å². The average molecular weight is 302 g/mol. The molecular weight excluding hydrogens is 280 g/mol. The number of carbonyl (C=O) groups is 1. The Morgan fingerprint density at radius 1 is 1.50 bits per heavy atom. The first-order valence-corrected chi connectivity index (χ1v) is 7.85. The topological polar surface area (TPSA) is 68.8 Å². The lowest BCUT2D eigenvalue weighted by atomic mass is 10.0. The van der Waals surface area contributed by atoms with Gasteiger partial charge in [-0.3, -0.25) is 4.79 Å². The largest absolute Gasteiger partial charge is 0.339 e. The van der Waals surface area contributed by atoms with Crippen molar-refractivity contribution in [2.24, 2.45) is 0 Å². The summed E-state index contributed by atoms with van der Waals surface area (Å²) in [4.78, 5) is 22.9. The summed E-state index contributed by atoms with van der Waals surface area (Å²) in [6.07, 6.45) is 9.94. The van der Waals surface area contributed by atoms with E-state index in [0.717, 1.165) is 38.2 Å². The molecule has 0 radical (unpaired) electrons. The lowest BCUT2D eigenvalue weighted by molar-refractivity contribution is -0.136. The third-order valence-electron chi connectivity index (χ3n) is 4.36. The fourth-order valence-electron chi connectivity index (χ4n) is 3.13. The zero-order valence-corrected chi connectivity index (χ0v) is 13.1. The molecule has 3 rings (SSSR count). The molecule has 118 valence electrons. The predicted octanol–water partition coefficient (Wildman–Crippen LogP) is 1.46. The van der Waals surface area contributed by atoms with Gasteiger partial charge in [0, 0.05) is 31.9 Å². The van der Waals surface area contributed by atoms with Crippen molar-refractivity contribution in [2.75, 3.05) is 13.1 Å². The smallest absolute Gasteiger partial charge is 0.247 e. The van der Waals surface area contributed by atoms with E-state index in [1.807, 2.05) is 24.2 Å². The molecule has 3 heterocycles. The van der Waals surface area contributed by atoms with Crippen LogP contribution in [-0.2, 0) is 11.2 Å². The van der Waals surface area contributed by atoms with E-state index < -0.39 is 0 Å². The van der Waals surface area contributed by atoms with Gasteiger partial charge >= 0.3 is 0 Å². The quantitative estimate of drug-likeness (QED) is 0.857. The van der Waals surface area contributed by atoms with Gasteiger partial charge in [0.15, 0.2) is 0 Å². The number of imidazole rings is 1. The highest BCUT2D eigenvalue weighted by molar-refractivity contribution is 5.80. The predicted molar refractivity (Wildman–Crippen MR) is 81.2 cm³/mol. The van der Waals surface area contributed by atoms with E-state index in [1.165, 1.54) is 6.33 Å². The molecule has 0 aromatic carbocycles. The molecule has 7 heteroatoms. The Balaban J connectivity index is 1.71. The molecule has 2 aromatic rings. The van der Waals surface area contributed by atoms with E-state index >= 15 is 0 Å². The summed E-state index contributed by atoms with van der Waals surface area (Å²) in [6, 6.07) is 0.00720. The lowest BCUT2D eigenvalue weighted by Crippen LogP contribution is -2.43. The first kappa shape index (κ1) is 14.7. The second-order valence-corrected chi connectivity index (χ2v) is 5.74. The van der Waals surface area contributed by atoms with Crippen molar-refractivity contribution in [3.63, 3.8) is 0 Å². The third kappa shape index (κ3) is 2.75. The van der Waals surface area contributed by atoms with Crippen LogP contribution in [0.4, 0.5) is 0 Å². The number of amides is 1. The summed E-state index contributed by atoms with van der Waals surface area (Å²) < 4.78 is 3.83. The number of piperidine rings is 1. The van der Waals surface area contributed by atoms with Gasteiger partial charge < -0.3 is 9.47 Å². The van der Waals surface area contributed by atoms with Crippen molar-refractivity contribution in [1.29, 1.82) is 0 Å². The maximum atomic E-state index is 12.7. The van der Waals surface area contributed by atoms with Gasteiger partial charge in [-0.1, -0.05) is 6.92 Å². The summed E-state index contributed by atoms with van der Waals surface area (Å²) >= 11 is 0. The van der Waals surface area contributed by atoms with E-state index in [2.05, 4.69) is 26.6 Å². The van der Waals surface area contributed by atoms with E-state index in [0.29, 0.717) is 6.04 Å². The van der Waals surface area contributed by atoms with Gasteiger partial charge in [-0.05, 0) is 19.8 Å². The molecule has 2 aromatic heterocycles. The fraction of sp³-hybridized carbons (Fsp3) is 0.600. The Bertz CT molecular complexity index is 620. The molecule has 0 N–H and O–H groups in total. The molecule has 2 atom stereocenters. The van der Waals surface area contributed by atoms with E-state index in [1.54, 1.807) is 11.0 Å². The normalized spacial score (nSPS) is 20.1.